The number of alkyl halides is 3. The fraction of sp³-hybridized carbons (Fsp3) is 0.591. The molecular weight excluding hydrogens is 495 g/mol. The lowest BCUT2D eigenvalue weighted by molar-refractivity contribution is -0.136. The Hall–Kier alpha value is -2.27. The summed E-state index contributed by atoms with van der Waals surface area (Å²) in [5.74, 6) is -0.414. The van der Waals surface area contributed by atoms with Gasteiger partial charge in [0.2, 0.25) is 5.88 Å². The molecule has 0 aromatic carbocycles. The van der Waals surface area contributed by atoms with Crippen molar-refractivity contribution in [2.24, 2.45) is 11.3 Å². The molecule has 2 saturated carbocycles. The summed E-state index contributed by atoms with van der Waals surface area (Å²) in [4.78, 5) is 30.2. The van der Waals surface area contributed by atoms with Crippen molar-refractivity contribution in [2.45, 2.75) is 51.0 Å². The molecule has 2 amide bonds. The molecule has 1 N–H and O–H groups in total. The monoisotopic (exact) mass is 517 g/mol. The minimum Gasteiger partial charge on any atom is -0.473 e. The number of amides is 2. The minimum atomic E-state index is -4.74. The van der Waals surface area contributed by atoms with E-state index in [1.54, 1.807) is 4.90 Å². The first-order chi connectivity index (χ1) is 16.0. The molecule has 1 unspecified atom stereocenters. The lowest BCUT2D eigenvalue weighted by atomic mass is 9.62. The lowest BCUT2D eigenvalue weighted by Gasteiger charge is -2.57. The maximum Gasteiger partial charge on any atom is 0.419 e. The van der Waals surface area contributed by atoms with Gasteiger partial charge in [-0.25, -0.2) is 9.78 Å². The normalized spacial score (nSPS) is 20.6. The maximum absolute atomic E-state index is 13.8. The smallest absolute Gasteiger partial charge is 0.419 e. The highest BCUT2D eigenvalue weighted by atomic mass is 35.5. The lowest BCUT2D eigenvalue weighted by Crippen LogP contribution is -2.66. The molecule has 1 saturated heterocycles. The third-order valence-electron chi connectivity index (χ3n) is 6.85. The summed E-state index contributed by atoms with van der Waals surface area (Å²) >= 11 is 6.88. The number of pyridine rings is 1. The van der Waals surface area contributed by atoms with Gasteiger partial charge in [-0.3, -0.25) is 4.79 Å². The van der Waals surface area contributed by atoms with Crippen LogP contribution >= 0.6 is 22.9 Å². The molecule has 3 fully saturated rings. The SMILES string of the molecule is CNC(=O)c1csc2c(C(F)(F)F)c(Cl)c(OC3CC4(C3)CN(C(=O)OC(C)C3CC3)C4)nc12. The van der Waals surface area contributed by atoms with Crippen molar-refractivity contribution < 1.29 is 32.2 Å². The number of likely N-dealkylation sites (tertiary alicyclic amines) is 1. The van der Waals surface area contributed by atoms with Gasteiger partial charge in [-0.15, -0.1) is 11.3 Å². The Bertz CT molecular complexity index is 1150. The largest absolute Gasteiger partial charge is 0.473 e. The van der Waals surface area contributed by atoms with Crippen LogP contribution in [0.3, 0.4) is 0 Å². The number of aromatic nitrogens is 1. The van der Waals surface area contributed by atoms with Crippen LogP contribution in [0.1, 0.15) is 48.5 Å². The average molecular weight is 518 g/mol. The van der Waals surface area contributed by atoms with Crippen LogP contribution in [0, 0.1) is 11.3 Å². The highest BCUT2D eigenvalue weighted by Gasteiger charge is 2.56. The number of carbonyl (C=O) groups is 2. The predicted molar refractivity (Wildman–Crippen MR) is 119 cm³/mol. The Morgan fingerprint density at radius 1 is 1.32 bits per heavy atom. The summed E-state index contributed by atoms with van der Waals surface area (Å²) in [5, 5.41) is 3.12. The van der Waals surface area contributed by atoms with Crippen molar-refractivity contribution in [3.8, 4) is 5.88 Å². The molecule has 2 aliphatic carbocycles. The second-order valence-electron chi connectivity index (χ2n) is 9.44. The first-order valence-corrected chi connectivity index (χ1v) is 12.3. The van der Waals surface area contributed by atoms with Gasteiger partial charge in [-0.1, -0.05) is 11.6 Å². The second kappa shape index (κ2) is 8.15. The van der Waals surface area contributed by atoms with Gasteiger partial charge in [-0.05, 0) is 38.5 Å². The Labute approximate surface area is 202 Å². The molecule has 0 bridgehead atoms. The van der Waals surface area contributed by atoms with E-state index in [0.717, 1.165) is 24.2 Å². The Balaban J connectivity index is 1.28. The van der Waals surface area contributed by atoms with E-state index in [9.17, 15) is 22.8 Å². The van der Waals surface area contributed by atoms with Gasteiger partial charge < -0.3 is 19.7 Å². The third kappa shape index (κ3) is 4.06. The number of hydrogen-bond acceptors (Lipinski definition) is 6. The number of rotatable bonds is 5. The van der Waals surface area contributed by atoms with E-state index < -0.39 is 22.7 Å². The molecule has 2 aromatic heterocycles. The summed E-state index contributed by atoms with van der Waals surface area (Å²) < 4.78 is 52.5. The number of nitrogens with zero attached hydrogens (tertiary/aromatic N) is 2. The molecule has 1 spiro atoms. The van der Waals surface area contributed by atoms with Gasteiger partial charge in [0.15, 0.2) is 0 Å². The van der Waals surface area contributed by atoms with Crippen molar-refractivity contribution in [2.75, 3.05) is 20.1 Å². The molecule has 3 aliphatic rings. The number of hydrogen-bond donors (Lipinski definition) is 1. The second-order valence-corrected chi connectivity index (χ2v) is 10.7. The molecule has 7 nitrogen and oxygen atoms in total. The summed E-state index contributed by atoms with van der Waals surface area (Å²) in [5.41, 5.74) is -1.22. The van der Waals surface area contributed by atoms with Gasteiger partial charge in [-0.2, -0.15) is 13.2 Å². The van der Waals surface area contributed by atoms with E-state index in [1.807, 2.05) is 6.92 Å². The van der Waals surface area contributed by atoms with Crippen molar-refractivity contribution in [3.05, 3.63) is 21.5 Å². The fourth-order valence-electron chi connectivity index (χ4n) is 4.82. The molecule has 184 valence electrons. The van der Waals surface area contributed by atoms with Crippen molar-refractivity contribution in [1.82, 2.24) is 15.2 Å². The van der Waals surface area contributed by atoms with Crippen LogP contribution in [-0.2, 0) is 10.9 Å². The van der Waals surface area contributed by atoms with E-state index >= 15 is 0 Å². The standard InChI is InChI=1S/C22H23ClF3N3O4S/c1-10(11-3-4-11)32-20(31)29-8-21(9-29)5-12(6-21)33-19-15(23)14(22(24,25)26)17-16(28-19)13(7-34-17)18(30)27-2/h7,10-12H,3-6,8-9H2,1-2H3,(H,27,30). The van der Waals surface area contributed by atoms with Crippen molar-refractivity contribution in [3.63, 3.8) is 0 Å². The van der Waals surface area contributed by atoms with Crippen LogP contribution in [0.4, 0.5) is 18.0 Å². The molecule has 3 heterocycles. The van der Waals surface area contributed by atoms with Gasteiger partial charge in [0.1, 0.15) is 17.2 Å². The zero-order valence-electron chi connectivity index (χ0n) is 18.5. The summed E-state index contributed by atoms with van der Waals surface area (Å²) in [6.07, 6.45) is -2.21. The molecule has 1 aliphatic heterocycles. The first-order valence-electron chi connectivity index (χ1n) is 11.0. The Kier molecular flexibility index (Phi) is 5.63. The first kappa shape index (κ1) is 23.5. The number of carbonyl (C=O) groups excluding carboxylic acids is 2. The summed E-state index contributed by atoms with van der Waals surface area (Å²) in [6, 6.07) is 0. The van der Waals surface area contributed by atoms with Crippen LogP contribution in [0.15, 0.2) is 5.38 Å². The number of halogens is 4. The molecule has 12 heteroatoms. The fourth-order valence-corrected chi connectivity index (χ4v) is 6.22. The molecule has 2 aromatic rings. The van der Waals surface area contributed by atoms with Gasteiger partial charge >= 0.3 is 12.3 Å². The molecule has 0 radical (unpaired) electrons. The highest BCUT2D eigenvalue weighted by molar-refractivity contribution is 7.17. The van der Waals surface area contributed by atoms with Crippen molar-refractivity contribution in [1.29, 1.82) is 0 Å². The maximum atomic E-state index is 13.8. The topological polar surface area (TPSA) is 80.8 Å². The number of ether oxygens (including phenoxy) is 2. The van der Waals surface area contributed by atoms with E-state index in [0.29, 0.717) is 31.8 Å². The summed E-state index contributed by atoms with van der Waals surface area (Å²) in [6.45, 7) is 2.97. The summed E-state index contributed by atoms with van der Waals surface area (Å²) in [7, 11) is 1.39. The predicted octanol–water partition coefficient (Wildman–Crippen LogP) is 5.11. The van der Waals surface area contributed by atoms with E-state index in [2.05, 4.69) is 10.3 Å². The zero-order valence-corrected chi connectivity index (χ0v) is 20.1. The third-order valence-corrected chi connectivity index (χ3v) is 8.19. The Morgan fingerprint density at radius 3 is 2.59 bits per heavy atom. The zero-order chi connectivity index (χ0) is 24.4. The van der Waals surface area contributed by atoms with Gasteiger partial charge in [0.05, 0.1) is 21.3 Å². The molecule has 5 rings (SSSR count). The van der Waals surface area contributed by atoms with E-state index in [-0.39, 0.29) is 45.4 Å². The highest BCUT2D eigenvalue weighted by Crippen LogP contribution is 2.52. The minimum absolute atomic E-state index is 0.0353. The molecular formula is C22H23ClF3N3O4S. The molecule has 34 heavy (non-hydrogen) atoms. The van der Waals surface area contributed by atoms with Crippen molar-refractivity contribution >= 4 is 45.2 Å². The van der Waals surface area contributed by atoms with Gasteiger partial charge in [0.25, 0.3) is 5.91 Å². The van der Waals surface area contributed by atoms with E-state index in [1.165, 1.54) is 12.4 Å². The molecule has 1 atom stereocenters. The number of fused-ring (bicyclic) bond motifs is 1. The average Bonchev–Trinajstić information content (AvgIpc) is 3.48. The Morgan fingerprint density at radius 2 is 2.00 bits per heavy atom. The van der Waals surface area contributed by atoms with Gasteiger partial charge in [0, 0.05) is 30.9 Å². The van der Waals surface area contributed by atoms with Crippen LogP contribution in [-0.4, -0.2) is 54.2 Å². The van der Waals surface area contributed by atoms with Crippen LogP contribution < -0.4 is 10.1 Å². The quantitative estimate of drug-likeness (QED) is 0.596. The number of thiophene rings is 1. The van der Waals surface area contributed by atoms with Crippen LogP contribution in [0.25, 0.3) is 10.2 Å². The van der Waals surface area contributed by atoms with E-state index in [4.69, 9.17) is 21.1 Å². The van der Waals surface area contributed by atoms with Crippen LogP contribution in [0.2, 0.25) is 5.02 Å². The van der Waals surface area contributed by atoms with Crippen LogP contribution in [0.5, 0.6) is 5.88 Å². The number of nitrogens with one attached hydrogen (secondary N) is 1.